The number of thioether (sulfide) groups is 1. The number of hydrogen-bond donors (Lipinski definition) is 0. The number of para-hydroxylation sites is 1. The topological polar surface area (TPSA) is 44.1 Å². The molecule has 0 bridgehead atoms. The minimum Gasteiger partial charge on any atom is -0.383 e. The van der Waals surface area contributed by atoms with Gasteiger partial charge in [0.1, 0.15) is 0 Å². The molecule has 0 radical (unpaired) electrons. The van der Waals surface area contributed by atoms with Gasteiger partial charge in [-0.3, -0.25) is 9.36 Å². The van der Waals surface area contributed by atoms with Crippen LogP contribution in [0.25, 0.3) is 10.9 Å². The number of rotatable bonds is 6. The smallest absolute Gasteiger partial charge is 0.262 e. The fourth-order valence-electron chi connectivity index (χ4n) is 2.36. The summed E-state index contributed by atoms with van der Waals surface area (Å²) in [6.45, 7) is 0.989. The zero-order chi connectivity index (χ0) is 16.1. The molecule has 4 nitrogen and oxygen atoms in total. The number of ether oxygens (including phenoxy) is 1. The molecule has 0 fully saturated rings. The fourth-order valence-corrected chi connectivity index (χ4v) is 3.34. The molecule has 0 atom stereocenters. The van der Waals surface area contributed by atoms with Crippen molar-refractivity contribution in [2.24, 2.45) is 0 Å². The normalized spacial score (nSPS) is 11.0. The van der Waals surface area contributed by atoms with Crippen LogP contribution in [0.2, 0.25) is 0 Å². The molecule has 2 aromatic carbocycles. The van der Waals surface area contributed by atoms with Crippen molar-refractivity contribution in [3.63, 3.8) is 0 Å². The summed E-state index contributed by atoms with van der Waals surface area (Å²) in [7, 11) is 1.64. The van der Waals surface area contributed by atoms with Gasteiger partial charge in [-0.15, -0.1) is 0 Å². The van der Waals surface area contributed by atoms with Gasteiger partial charge in [-0.1, -0.05) is 54.2 Å². The molecule has 0 N–H and O–H groups in total. The van der Waals surface area contributed by atoms with Crippen LogP contribution in [0.5, 0.6) is 0 Å². The minimum absolute atomic E-state index is 0.0109. The second-order valence-electron chi connectivity index (χ2n) is 5.14. The van der Waals surface area contributed by atoms with Gasteiger partial charge in [-0.2, -0.15) is 0 Å². The summed E-state index contributed by atoms with van der Waals surface area (Å²) in [5, 5.41) is 1.38. The van der Waals surface area contributed by atoms with E-state index in [9.17, 15) is 4.79 Å². The number of aromatic nitrogens is 2. The quantitative estimate of drug-likeness (QED) is 0.515. The molecule has 5 heteroatoms. The first-order valence-corrected chi connectivity index (χ1v) is 8.43. The van der Waals surface area contributed by atoms with Crippen LogP contribution >= 0.6 is 11.8 Å². The summed E-state index contributed by atoms with van der Waals surface area (Å²) >= 11 is 1.58. The van der Waals surface area contributed by atoms with Crippen LogP contribution in [0, 0.1) is 0 Å². The molecule has 118 valence electrons. The van der Waals surface area contributed by atoms with Gasteiger partial charge < -0.3 is 4.74 Å². The average Bonchev–Trinajstić information content (AvgIpc) is 2.60. The monoisotopic (exact) mass is 326 g/mol. The Bertz CT molecular complexity index is 847. The Kier molecular flexibility index (Phi) is 5.10. The zero-order valence-corrected chi connectivity index (χ0v) is 13.8. The molecule has 3 rings (SSSR count). The van der Waals surface area contributed by atoms with Crippen molar-refractivity contribution >= 4 is 22.7 Å². The van der Waals surface area contributed by atoms with Crippen molar-refractivity contribution in [2.75, 3.05) is 13.7 Å². The lowest BCUT2D eigenvalue weighted by Gasteiger charge is -2.12. The molecule has 0 aliphatic heterocycles. The van der Waals surface area contributed by atoms with Crippen LogP contribution in [-0.4, -0.2) is 23.3 Å². The maximum absolute atomic E-state index is 12.7. The van der Waals surface area contributed by atoms with Crippen molar-refractivity contribution in [1.82, 2.24) is 9.55 Å². The fraction of sp³-hybridized carbons (Fsp3) is 0.222. The Morgan fingerprint density at radius 3 is 2.61 bits per heavy atom. The Morgan fingerprint density at radius 2 is 1.83 bits per heavy atom. The maximum atomic E-state index is 12.7. The summed E-state index contributed by atoms with van der Waals surface area (Å²) in [5.74, 6) is 0.776. The third-order valence-corrected chi connectivity index (χ3v) is 4.60. The molecule has 1 heterocycles. The van der Waals surface area contributed by atoms with E-state index in [1.165, 1.54) is 5.56 Å². The predicted octanol–water partition coefficient (Wildman–Crippen LogP) is 3.34. The van der Waals surface area contributed by atoms with E-state index >= 15 is 0 Å². The van der Waals surface area contributed by atoms with E-state index in [1.54, 1.807) is 23.4 Å². The van der Waals surface area contributed by atoms with Gasteiger partial charge >= 0.3 is 0 Å². The van der Waals surface area contributed by atoms with Gasteiger partial charge in [-0.25, -0.2) is 4.98 Å². The Balaban J connectivity index is 1.97. The van der Waals surface area contributed by atoms with Crippen LogP contribution in [0.1, 0.15) is 5.56 Å². The van der Waals surface area contributed by atoms with Gasteiger partial charge in [0.05, 0.1) is 24.1 Å². The number of nitrogens with zero attached hydrogens (tertiary/aromatic N) is 2. The number of methoxy groups -OCH3 is 1. The van der Waals surface area contributed by atoms with Gasteiger partial charge in [0.2, 0.25) is 0 Å². The summed E-state index contributed by atoms with van der Waals surface area (Å²) < 4.78 is 6.84. The molecule has 0 saturated heterocycles. The van der Waals surface area contributed by atoms with E-state index in [1.807, 2.05) is 42.5 Å². The maximum Gasteiger partial charge on any atom is 0.262 e. The highest BCUT2D eigenvalue weighted by Gasteiger charge is 2.11. The molecule has 1 aromatic heterocycles. The van der Waals surface area contributed by atoms with E-state index < -0.39 is 0 Å². The Labute approximate surface area is 139 Å². The first kappa shape index (κ1) is 15.8. The summed E-state index contributed by atoms with van der Waals surface area (Å²) in [6, 6.07) is 17.6. The van der Waals surface area contributed by atoms with Crippen molar-refractivity contribution in [1.29, 1.82) is 0 Å². The first-order valence-electron chi connectivity index (χ1n) is 7.45. The highest BCUT2D eigenvalue weighted by molar-refractivity contribution is 7.98. The molecule has 23 heavy (non-hydrogen) atoms. The van der Waals surface area contributed by atoms with E-state index in [4.69, 9.17) is 4.74 Å². The zero-order valence-electron chi connectivity index (χ0n) is 12.9. The third-order valence-electron chi connectivity index (χ3n) is 3.56. The van der Waals surface area contributed by atoms with E-state index in [0.717, 1.165) is 16.4 Å². The van der Waals surface area contributed by atoms with Crippen LogP contribution in [0.3, 0.4) is 0 Å². The highest BCUT2D eigenvalue weighted by atomic mass is 32.2. The molecular weight excluding hydrogens is 308 g/mol. The molecule has 0 spiro atoms. The lowest BCUT2D eigenvalue weighted by atomic mass is 10.2. The van der Waals surface area contributed by atoms with Gasteiger partial charge in [0.15, 0.2) is 5.16 Å². The first-order chi connectivity index (χ1) is 11.3. The van der Waals surface area contributed by atoms with Crippen LogP contribution < -0.4 is 5.56 Å². The molecule has 0 unspecified atom stereocenters. The van der Waals surface area contributed by atoms with Crippen LogP contribution in [-0.2, 0) is 17.0 Å². The average molecular weight is 326 g/mol. The highest BCUT2D eigenvalue weighted by Crippen LogP contribution is 2.22. The molecule has 0 saturated carbocycles. The Hall–Kier alpha value is -2.11. The second-order valence-corrected chi connectivity index (χ2v) is 6.08. The molecule has 0 aliphatic carbocycles. The minimum atomic E-state index is -0.0109. The van der Waals surface area contributed by atoms with Crippen molar-refractivity contribution in [3.05, 3.63) is 70.5 Å². The van der Waals surface area contributed by atoms with E-state index in [2.05, 4.69) is 17.1 Å². The van der Waals surface area contributed by atoms with Gasteiger partial charge in [0, 0.05) is 12.9 Å². The number of hydrogen-bond acceptors (Lipinski definition) is 4. The summed E-state index contributed by atoms with van der Waals surface area (Å²) in [5.41, 5.74) is 1.93. The molecule has 0 aliphatic rings. The van der Waals surface area contributed by atoms with Gasteiger partial charge in [0.25, 0.3) is 5.56 Å². The molecule has 3 aromatic rings. The standard InChI is InChI=1S/C18H18N2O2S/c1-22-12-11-20-17(21)15-9-5-6-10-16(15)19-18(20)23-13-14-7-3-2-4-8-14/h2-10H,11-13H2,1H3. The lowest BCUT2D eigenvalue weighted by Crippen LogP contribution is -2.25. The largest absolute Gasteiger partial charge is 0.383 e. The predicted molar refractivity (Wildman–Crippen MR) is 93.9 cm³/mol. The third kappa shape index (κ3) is 3.63. The van der Waals surface area contributed by atoms with Crippen molar-refractivity contribution < 1.29 is 4.74 Å². The lowest BCUT2D eigenvalue weighted by molar-refractivity contribution is 0.183. The Morgan fingerprint density at radius 1 is 1.09 bits per heavy atom. The van der Waals surface area contributed by atoms with Crippen LogP contribution in [0.4, 0.5) is 0 Å². The number of benzene rings is 2. The molecule has 0 amide bonds. The van der Waals surface area contributed by atoms with E-state index in [-0.39, 0.29) is 5.56 Å². The second kappa shape index (κ2) is 7.44. The molecular formula is C18H18N2O2S. The van der Waals surface area contributed by atoms with Crippen LogP contribution in [0.15, 0.2) is 64.5 Å². The summed E-state index contributed by atoms with van der Waals surface area (Å²) in [4.78, 5) is 17.4. The van der Waals surface area contributed by atoms with Crippen molar-refractivity contribution in [3.8, 4) is 0 Å². The SMILES string of the molecule is COCCn1c(SCc2ccccc2)nc2ccccc2c1=O. The van der Waals surface area contributed by atoms with E-state index in [0.29, 0.717) is 18.5 Å². The van der Waals surface area contributed by atoms with Crippen molar-refractivity contribution in [2.45, 2.75) is 17.5 Å². The van der Waals surface area contributed by atoms with Gasteiger partial charge in [-0.05, 0) is 17.7 Å². The number of fused-ring (bicyclic) bond motifs is 1. The summed E-state index contributed by atoms with van der Waals surface area (Å²) in [6.07, 6.45) is 0.